The number of carbonyl (C=O) groups excluding carboxylic acids is 1. The van der Waals surface area contributed by atoms with Crippen LogP contribution in [0.25, 0.3) is 0 Å². The van der Waals surface area contributed by atoms with E-state index >= 15 is 0 Å². The van der Waals surface area contributed by atoms with Crippen LogP contribution in [0.15, 0.2) is 0 Å². The summed E-state index contributed by atoms with van der Waals surface area (Å²) in [6.45, 7) is 5.73. The van der Waals surface area contributed by atoms with Crippen LogP contribution >= 0.6 is 0 Å². The van der Waals surface area contributed by atoms with Gasteiger partial charge in [0.05, 0.1) is 5.69 Å². The van der Waals surface area contributed by atoms with Crippen molar-refractivity contribution in [1.82, 2.24) is 15.1 Å². The predicted octanol–water partition coefficient (Wildman–Crippen LogP) is 1.34. The van der Waals surface area contributed by atoms with Gasteiger partial charge in [0.1, 0.15) is 5.54 Å². The number of aryl methyl sites for hydroxylation is 2. The fraction of sp³-hybridized carbons (Fsp3) is 0.667. The highest BCUT2D eigenvalue weighted by Gasteiger charge is 2.46. The molecule has 1 aliphatic carbocycles. The first-order chi connectivity index (χ1) is 9.77. The summed E-state index contributed by atoms with van der Waals surface area (Å²) in [5.41, 5.74) is 2.00. The Balaban J connectivity index is 2.05. The minimum Gasteiger partial charge on any atom is -0.480 e. The van der Waals surface area contributed by atoms with E-state index < -0.39 is 11.5 Å². The summed E-state index contributed by atoms with van der Waals surface area (Å²) in [5.74, 6) is -1.40. The molecule has 2 N–H and O–H groups in total. The Morgan fingerprint density at radius 1 is 1.43 bits per heavy atom. The van der Waals surface area contributed by atoms with E-state index in [0.717, 1.165) is 23.4 Å². The molecule has 0 saturated heterocycles. The number of hydrogen-bond donors (Lipinski definition) is 2. The minimum absolute atomic E-state index is 0.195. The van der Waals surface area contributed by atoms with Crippen LogP contribution in [0.5, 0.6) is 0 Å². The van der Waals surface area contributed by atoms with E-state index in [1.165, 1.54) is 0 Å². The lowest BCUT2D eigenvalue weighted by molar-refractivity contribution is -0.152. The Kier molecular flexibility index (Phi) is 4.07. The van der Waals surface area contributed by atoms with Gasteiger partial charge in [-0.1, -0.05) is 6.92 Å². The highest BCUT2D eigenvalue weighted by atomic mass is 16.4. The van der Waals surface area contributed by atoms with Gasteiger partial charge in [0.25, 0.3) is 0 Å². The Hall–Kier alpha value is -1.85. The number of carboxylic acid groups (broad SMARTS) is 1. The van der Waals surface area contributed by atoms with Crippen molar-refractivity contribution in [2.75, 3.05) is 0 Å². The van der Waals surface area contributed by atoms with Crippen LogP contribution in [0.1, 0.15) is 43.1 Å². The molecule has 6 heteroatoms. The first-order valence-corrected chi connectivity index (χ1v) is 7.31. The van der Waals surface area contributed by atoms with Gasteiger partial charge in [-0.25, -0.2) is 4.79 Å². The molecule has 0 bridgehead atoms. The largest absolute Gasteiger partial charge is 0.480 e. The van der Waals surface area contributed by atoms with E-state index in [9.17, 15) is 14.7 Å². The highest BCUT2D eigenvalue weighted by molar-refractivity contribution is 5.88. The number of aromatic nitrogens is 2. The normalized spacial score (nSPS) is 17.9. The van der Waals surface area contributed by atoms with E-state index in [-0.39, 0.29) is 11.8 Å². The first kappa shape index (κ1) is 15.5. The molecule has 116 valence electrons. The molecule has 1 aliphatic rings. The molecule has 0 radical (unpaired) electrons. The molecule has 0 spiro atoms. The third kappa shape index (κ3) is 2.80. The van der Waals surface area contributed by atoms with Crippen LogP contribution in [-0.2, 0) is 23.1 Å². The molecule has 6 nitrogen and oxygen atoms in total. The van der Waals surface area contributed by atoms with Crippen LogP contribution in [0, 0.1) is 19.8 Å². The lowest BCUT2D eigenvalue weighted by Gasteiger charge is -2.38. The van der Waals surface area contributed by atoms with Gasteiger partial charge in [-0.3, -0.25) is 9.48 Å². The second kappa shape index (κ2) is 5.50. The van der Waals surface area contributed by atoms with E-state index in [2.05, 4.69) is 10.4 Å². The molecule has 1 heterocycles. The molecule has 1 amide bonds. The lowest BCUT2D eigenvalue weighted by atomic mass is 9.76. The molecule has 1 fully saturated rings. The first-order valence-electron chi connectivity index (χ1n) is 7.31. The van der Waals surface area contributed by atoms with Crippen molar-refractivity contribution >= 4 is 11.9 Å². The number of aliphatic carboxylic acids is 1. The number of nitrogens with one attached hydrogen (secondary N) is 1. The Morgan fingerprint density at radius 2 is 2.05 bits per heavy atom. The van der Waals surface area contributed by atoms with Crippen molar-refractivity contribution in [1.29, 1.82) is 0 Å². The minimum atomic E-state index is -1.04. The van der Waals surface area contributed by atoms with Gasteiger partial charge in [-0.15, -0.1) is 0 Å². The van der Waals surface area contributed by atoms with Gasteiger partial charge < -0.3 is 10.4 Å². The molecular formula is C15H23N3O3. The zero-order chi connectivity index (χ0) is 15.8. The summed E-state index contributed by atoms with van der Waals surface area (Å²) in [6.07, 6.45) is 2.46. The van der Waals surface area contributed by atoms with Crippen LogP contribution in [0.4, 0.5) is 0 Å². The van der Waals surface area contributed by atoms with E-state index in [1.54, 1.807) is 4.68 Å². The number of hydrogen-bond acceptors (Lipinski definition) is 3. The van der Waals surface area contributed by atoms with Gasteiger partial charge in [-0.05, 0) is 45.1 Å². The molecule has 1 aromatic rings. The van der Waals surface area contributed by atoms with E-state index in [4.69, 9.17) is 0 Å². The maximum absolute atomic E-state index is 12.3. The lowest BCUT2D eigenvalue weighted by Crippen LogP contribution is -2.60. The average molecular weight is 293 g/mol. The standard InChI is InChI=1S/C15H23N3O3/c1-9(8-12-10(2)17-18(4)11(12)3)13(19)16-15(14(20)21)6-5-7-15/h9H,5-8H2,1-4H3,(H,16,19)(H,20,21). The second-order valence-electron chi connectivity index (χ2n) is 6.11. The third-order valence-corrected chi connectivity index (χ3v) is 4.60. The summed E-state index contributed by atoms with van der Waals surface area (Å²) in [4.78, 5) is 23.6. The predicted molar refractivity (Wildman–Crippen MR) is 77.9 cm³/mol. The van der Waals surface area contributed by atoms with Crippen molar-refractivity contribution in [2.45, 2.75) is 52.0 Å². The average Bonchev–Trinajstić information content (AvgIpc) is 2.59. The van der Waals surface area contributed by atoms with Crippen molar-refractivity contribution in [3.63, 3.8) is 0 Å². The van der Waals surface area contributed by atoms with Crippen LogP contribution in [0.2, 0.25) is 0 Å². The Labute approximate surface area is 124 Å². The number of nitrogens with zero attached hydrogens (tertiary/aromatic N) is 2. The van der Waals surface area contributed by atoms with Crippen molar-refractivity contribution < 1.29 is 14.7 Å². The number of carbonyl (C=O) groups is 2. The Morgan fingerprint density at radius 3 is 2.43 bits per heavy atom. The van der Waals surface area contributed by atoms with Gasteiger partial charge >= 0.3 is 5.97 Å². The molecule has 1 aromatic heterocycles. The van der Waals surface area contributed by atoms with Crippen LogP contribution in [-0.4, -0.2) is 32.3 Å². The molecule has 0 aromatic carbocycles. The fourth-order valence-electron chi connectivity index (χ4n) is 2.79. The van der Waals surface area contributed by atoms with E-state index in [0.29, 0.717) is 19.3 Å². The topological polar surface area (TPSA) is 84.2 Å². The third-order valence-electron chi connectivity index (χ3n) is 4.60. The van der Waals surface area contributed by atoms with Crippen molar-refractivity contribution in [3.05, 3.63) is 17.0 Å². The highest BCUT2D eigenvalue weighted by Crippen LogP contribution is 2.32. The number of rotatable bonds is 5. The molecule has 1 unspecified atom stereocenters. The summed E-state index contributed by atoms with van der Waals surface area (Å²) in [7, 11) is 1.88. The quantitative estimate of drug-likeness (QED) is 0.858. The van der Waals surface area contributed by atoms with Gasteiger partial charge in [0.2, 0.25) is 5.91 Å². The summed E-state index contributed by atoms with van der Waals surface area (Å²) in [5, 5.41) is 16.3. The number of amides is 1. The zero-order valence-electron chi connectivity index (χ0n) is 13.1. The smallest absolute Gasteiger partial charge is 0.329 e. The van der Waals surface area contributed by atoms with Gasteiger partial charge in [0, 0.05) is 18.7 Å². The second-order valence-corrected chi connectivity index (χ2v) is 6.11. The van der Waals surface area contributed by atoms with Crippen molar-refractivity contribution in [2.24, 2.45) is 13.0 Å². The van der Waals surface area contributed by atoms with Crippen LogP contribution in [0.3, 0.4) is 0 Å². The molecule has 21 heavy (non-hydrogen) atoms. The summed E-state index contributed by atoms with van der Waals surface area (Å²) < 4.78 is 1.81. The maximum atomic E-state index is 12.3. The number of carboxylic acids is 1. The Bertz CT molecular complexity index is 573. The zero-order valence-corrected chi connectivity index (χ0v) is 13.1. The van der Waals surface area contributed by atoms with Crippen LogP contribution < -0.4 is 5.32 Å². The SMILES string of the molecule is Cc1nn(C)c(C)c1CC(C)C(=O)NC1(C(=O)O)CCC1. The molecular weight excluding hydrogens is 270 g/mol. The summed E-state index contributed by atoms with van der Waals surface area (Å²) in [6, 6.07) is 0. The van der Waals surface area contributed by atoms with Crippen molar-refractivity contribution in [3.8, 4) is 0 Å². The molecule has 1 saturated carbocycles. The van der Waals surface area contributed by atoms with E-state index in [1.807, 2.05) is 27.8 Å². The molecule has 1 atom stereocenters. The van der Waals surface area contributed by atoms with Gasteiger partial charge in [0.15, 0.2) is 0 Å². The summed E-state index contributed by atoms with van der Waals surface area (Å²) >= 11 is 0. The monoisotopic (exact) mass is 293 g/mol. The molecule has 0 aliphatic heterocycles. The fourth-order valence-corrected chi connectivity index (χ4v) is 2.79. The molecule has 2 rings (SSSR count). The maximum Gasteiger partial charge on any atom is 0.329 e. The van der Waals surface area contributed by atoms with Gasteiger partial charge in [-0.2, -0.15) is 5.10 Å².